The molecule has 0 radical (unpaired) electrons. The average Bonchev–Trinajstić information content (AvgIpc) is 1.95. The van der Waals surface area contributed by atoms with Gasteiger partial charge in [-0.25, -0.2) is 0 Å². The van der Waals surface area contributed by atoms with Gasteiger partial charge in [0.05, 0.1) is 6.07 Å². The minimum atomic E-state index is 0.353. The summed E-state index contributed by atoms with van der Waals surface area (Å²) in [6, 6.07) is 2.35. The summed E-state index contributed by atoms with van der Waals surface area (Å²) in [6.07, 6.45) is 3.50. The third-order valence-electron chi connectivity index (χ3n) is 2.78. The van der Waals surface area contributed by atoms with Gasteiger partial charge in [-0.3, -0.25) is 0 Å². The third kappa shape index (κ3) is 1.50. The molecule has 1 heteroatoms. The van der Waals surface area contributed by atoms with Crippen LogP contribution in [0.15, 0.2) is 0 Å². The van der Waals surface area contributed by atoms with Crippen LogP contribution in [0.3, 0.4) is 0 Å². The van der Waals surface area contributed by atoms with E-state index in [0.29, 0.717) is 5.92 Å². The summed E-state index contributed by atoms with van der Waals surface area (Å²) in [5.41, 5.74) is 0. The van der Waals surface area contributed by atoms with E-state index >= 15 is 0 Å². The lowest BCUT2D eigenvalue weighted by molar-refractivity contribution is 0.240. The molecule has 1 rings (SSSR count). The quantitative estimate of drug-likeness (QED) is 0.503. The molecule has 0 heterocycles. The van der Waals surface area contributed by atoms with Gasteiger partial charge in [-0.1, -0.05) is 13.8 Å². The van der Waals surface area contributed by atoms with Crippen LogP contribution in [-0.4, -0.2) is 0 Å². The second kappa shape index (κ2) is 3.05. The van der Waals surface area contributed by atoms with Crippen molar-refractivity contribution in [3.05, 3.63) is 0 Å². The molecule has 0 bridgehead atoms. The van der Waals surface area contributed by atoms with Gasteiger partial charge >= 0.3 is 0 Å². The monoisotopic (exact) mass is 137 g/mol. The van der Waals surface area contributed by atoms with E-state index in [1.54, 1.807) is 0 Å². The SMILES string of the molecule is C[C@@H]1C[C@H](C#N)CC[C@@H]1C. The summed E-state index contributed by atoms with van der Waals surface area (Å²) in [6.45, 7) is 4.55. The molecular formula is C9H15N. The molecule has 0 unspecified atom stereocenters. The molecule has 0 aromatic carbocycles. The Hall–Kier alpha value is -0.510. The zero-order chi connectivity index (χ0) is 7.56. The van der Waals surface area contributed by atoms with Crippen molar-refractivity contribution in [2.24, 2.45) is 17.8 Å². The summed E-state index contributed by atoms with van der Waals surface area (Å²) >= 11 is 0. The topological polar surface area (TPSA) is 23.8 Å². The van der Waals surface area contributed by atoms with Crippen molar-refractivity contribution in [3.63, 3.8) is 0 Å². The highest BCUT2D eigenvalue weighted by atomic mass is 14.3. The first-order chi connectivity index (χ1) is 4.74. The fourth-order valence-electron chi connectivity index (χ4n) is 1.66. The Morgan fingerprint density at radius 3 is 2.40 bits per heavy atom. The molecule has 0 amide bonds. The van der Waals surface area contributed by atoms with E-state index in [-0.39, 0.29) is 0 Å². The van der Waals surface area contributed by atoms with E-state index in [1.165, 1.54) is 6.42 Å². The maximum Gasteiger partial charge on any atom is 0.0655 e. The van der Waals surface area contributed by atoms with Crippen molar-refractivity contribution in [2.75, 3.05) is 0 Å². The molecule has 0 saturated heterocycles. The highest BCUT2D eigenvalue weighted by Crippen LogP contribution is 2.32. The van der Waals surface area contributed by atoms with Gasteiger partial charge in [-0.05, 0) is 31.1 Å². The van der Waals surface area contributed by atoms with E-state index in [9.17, 15) is 0 Å². The van der Waals surface area contributed by atoms with Gasteiger partial charge in [-0.2, -0.15) is 5.26 Å². The van der Waals surface area contributed by atoms with Crippen LogP contribution in [0.1, 0.15) is 33.1 Å². The molecule has 56 valence electrons. The lowest BCUT2D eigenvalue weighted by atomic mass is 9.76. The molecule has 1 aliphatic rings. The number of hydrogen-bond acceptors (Lipinski definition) is 1. The van der Waals surface area contributed by atoms with Gasteiger partial charge in [0.15, 0.2) is 0 Å². The van der Waals surface area contributed by atoms with Gasteiger partial charge in [0, 0.05) is 5.92 Å². The summed E-state index contributed by atoms with van der Waals surface area (Å²) in [5, 5.41) is 8.65. The van der Waals surface area contributed by atoms with Crippen molar-refractivity contribution in [1.29, 1.82) is 5.26 Å². The van der Waals surface area contributed by atoms with Crippen molar-refractivity contribution in [2.45, 2.75) is 33.1 Å². The number of rotatable bonds is 0. The van der Waals surface area contributed by atoms with E-state index in [1.807, 2.05) is 0 Å². The highest BCUT2D eigenvalue weighted by Gasteiger charge is 2.23. The fourth-order valence-corrected chi connectivity index (χ4v) is 1.66. The van der Waals surface area contributed by atoms with E-state index in [2.05, 4.69) is 19.9 Å². The Morgan fingerprint density at radius 1 is 1.20 bits per heavy atom. The van der Waals surface area contributed by atoms with Crippen molar-refractivity contribution < 1.29 is 0 Å². The second-order valence-corrected chi connectivity index (χ2v) is 3.59. The third-order valence-corrected chi connectivity index (χ3v) is 2.78. The van der Waals surface area contributed by atoms with Crippen LogP contribution in [-0.2, 0) is 0 Å². The molecule has 1 aliphatic carbocycles. The number of nitrogens with zero attached hydrogens (tertiary/aromatic N) is 1. The summed E-state index contributed by atoms with van der Waals surface area (Å²) in [4.78, 5) is 0. The van der Waals surface area contributed by atoms with Gasteiger partial charge in [0.1, 0.15) is 0 Å². The predicted octanol–water partition coefficient (Wildman–Crippen LogP) is 2.58. The zero-order valence-electron chi connectivity index (χ0n) is 6.80. The Bertz CT molecular complexity index is 145. The van der Waals surface area contributed by atoms with Crippen LogP contribution in [0.2, 0.25) is 0 Å². The Balaban J connectivity index is 2.42. The minimum absolute atomic E-state index is 0.353. The Labute approximate surface area is 63.0 Å². The van der Waals surface area contributed by atoms with Crippen LogP contribution >= 0.6 is 0 Å². The van der Waals surface area contributed by atoms with E-state index in [0.717, 1.165) is 24.7 Å². The number of nitriles is 1. The summed E-state index contributed by atoms with van der Waals surface area (Å²) in [5.74, 6) is 1.95. The molecule has 0 aromatic rings. The first-order valence-electron chi connectivity index (χ1n) is 4.13. The second-order valence-electron chi connectivity index (χ2n) is 3.59. The maximum atomic E-state index is 8.65. The summed E-state index contributed by atoms with van der Waals surface area (Å²) in [7, 11) is 0. The first-order valence-corrected chi connectivity index (χ1v) is 4.13. The standard InChI is InChI=1S/C9H15N/c1-7-3-4-9(6-10)5-8(7)2/h7-9H,3-5H2,1-2H3/t7-,8+,9+/m0/s1. The molecule has 0 aromatic heterocycles. The average molecular weight is 137 g/mol. The molecule has 1 saturated carbocycles. The van der Waals surface area contributed by atoms with Gasteiger partial charge in [0.25, 0.3) is 0 Å². The summed E-state index contributed by atoms with van der Waals surface area (Å²) < 4.78 is 0. The smallest absolute Gasteiger partial charge is 0.0655 e. The molecule has 10 heavy (non-hydrogen) atoms. The van der Waals surface area contributed by atoms with Crippen molar-refractivity contribution >= 4 is 0 Å². The van der Waals surface area contributed by atoms with Crippen LogP contribution in [0.5, 0.6) is 0 Å². The van der Waals surface area contributed by atoms with Crippen LogP contribution < -0.4 is 0 Å². The molecule has 0 aliphatic heterocycles. The lowest BCUT2D eigenvalue weighted by Crippen LogP contribution is -2.19. The molecular weight excluding hydrogens is 122 g/mol. The molecule has 1 nitrogen and oxygen atoms in total. The molecule has 1 fully saturated rings. The van der Waals surface area contributed by atoms with Crippen LogP contribution in [0.4, 0.5) is 0 Å². The largest absolute Gasteiger partial charge is 0.198 e. The Morgan fingerprint density at radius 2 is 1.90 bits per heavy atom. The predicted molar refractivity (Wildman–Crippen MR) is 41.3 cm³/mol. The first kappa shape index (κ1) is 7.60. The van der Waals surface area contributed by atoms with Crippen LogP contribution in [0, 0.1) is 29.1 Å². The molecule has 0 N–H and O–H groups in total. The van der Waals surface area contributed by atoms with Crippen molar-refractivity contribution in [3.8, 4) is 6.07 Å². The van der Waals surface area contributed by atoms with Gasteiger partial charge < -0.3 is 0 Å². The van der Waals surface area contributed by atoms with E-state index in [4.69, 9.17) is 5.26 Å². The minimum Gasteiger partial charge on any atom is -0.198 e. The van der Waals surface area contributed by atoms with Gasteiger partial charge in [-0.15, -0.1) is 0 Å². The highest BCUT2D eigenvalue weighted by molar-refractivity contribution is 4.88. The van der Waals surface area contributed by atoms with E-state index < -0.39 is 0 Å². The molecule has 3 atom stereocenters. The molecule has 0 spiro atoms. The number of hydrogen-bond donors (Lipinski definition) is 0. The van der Waals surface area contributed by atoms with Gasteiger partial charge in [0.2, 0.25) is 0 Å². The Kier molecular flexibility index (Phi) is 2.32. The van der Waals surface area contributed by atoms with Crippen molar-refractivity contribution in [1.82, 2.24) is 0 Å². The van der Waals surface area contributed by atoms with Crippen LogP contribution in [0.25, 0.3) is 0 Å². The zero-order valence-corrected chi connectivity index (χ0v) is 6.80. The fraction of sp³-hybridized carbons (Fsp3) is 0.889. The lowest BCUT2D eigenvalue weighted by Gasteiger charge is -2.28. The normalized spacial score (nSPS) is 40.7. The maximum absolute atomic E-state index is 8.65.